The largest absolute Gasteiger partial charge is 0.497 e. The Labute approximate surface area is 198 Å². The Bertz CT molecular complexity index is 1010. The van der Waals surface area contributed by atoms with Gasteiger partial charge in [0.25, 0.3) is 5.91 Å². The Balaban J connectivity index is 1.22. The second-order valence-corrected chi connectivity index (χ2v) is 10.0. The molecule has 0 saturated carbocycles. The fourth-order valence-corrected chi connectivity index (χ4v) is 5.27. The molecule has 0 aliphatic carbocycles. The molecular formula is C25H29N3O2S2. The maximum Gasteiger partial charge on any atom is 0.253 e. The number of ether oxygens (including phenoxy) is 1. The number of hydrogen-bond acceptors (Lipinski definition) is 6. The summed E-state index contributed by atoms with van der Waals surface area (Å²) in [6.45, 7) is 6.44. The molecule has 7 heteroatoms. The molecule has 4 rings (SSSR count). The van der Waals surface area contributed by atoms with Crippen LogP contribution in [0.2, 0.25) is 0 Å². The van der Waals surface area contributed by atoms with Gasteiger partial charge in [0.2, 0.25) is 0 Å². The van der Waals surface area contributed by atoms with Crippen molar-refractivity contribution in [3.63, 3.8) is 0 Å². The summed E-state index contributed by atoms with van der Waals surface area (Å²) in [4.78, 5) is 23.0. The quantitative estimate of drug-likeness (QED) is 0.447. The molecular weight excluding hydrogens is 438 g/mol. The maximum atomic E-state index is 12.9. The summed E-state index contributed by atoms with van der Waals surface area (Å²) in [7, 11) is 1.69. The number of piperazine rings is 1. The number of rotatable bonds is 8. The van der Waals surface area contributed by atoms with Crippen LogP contribution in [0.3, 0.4) is 0 Å². The van der Waals surface area contributed by atoms with Crippen molar-refractivity contribution in [2.24, 2.45) is 0 Å². The molecule has 3 aromatic rings. The fourth-order valence-electron chi connectivity index (χ4n) is 3.76. The Morgan fingerprint density at radius 1 is 1.06 bits per heavy atom. The Morgan fingerprint density at radius 3 is 2.41 bits per heavy atom. The van der Waals surface area contributed by atoms with Crippen LogP contribution in [0.25, 0.3) is 0 Å². The molecule has 1 aliphatic heterocycles. The van der Waals surface area contributed by atoms with E-state index in [0.717, 1.165) is 71.8 Å². The Hall–Kier alpha value is -2.35. The van der Waals surface area contributed by atoms with Crippen LogP contribution in [0.15, 0.2) is 58.8 Å². The lowest BCUT2D eigenvalue weighted by Crippen LogP contribution is -2.49. The third-order valence-electron chi connectivity index (χ3n) is 5.69. The smallest absolute Gasteiger partial charge is 0.253 e. The average Bonchev–Trinajstić information content (AvgIpc) is 3.27. The molecule has 0 N–H and O–H groups in total. The van der Waals surface area contributed by atoms with Crippen molar-refractivity contribution >= 4 is 29.0 Å². The van der Waals surface area contributed by atoms with E-state index in [4.69, 9.17) is 4.74 Å². The topological polar surface area (TPSA) is 45.7 Å². The predicted molar refractivity (Wildman–Crippen MR) is 132 cm³/mol. The first-order chi connectivity index (χ1) is 15.6. The number of benzene rings is 2. The first-order valence-corrected chi connectivity index (χ1v) is 12.8. The van der Waals surface area contributed by atoms with E-state index in [1.165, 1.54) is 5.56 Å². The molecule has 2 aromatic carbocycles. The van der Waals surface area contributed by atoms with Crippen LogP contribution in [-0.4, -0.2) is 60.5 Å². The van der Waals surface area contributed by atoms with E-state index in [1.807, 2.05) is 48.2 Å². The van der Waals surface area contributed by atoms with E-state index in [0.29, 0.717) is 0 Å². The maximum absolute atomic E-state index is 12.9. The molecule has 5 nitrogen and oxygen atoms in total. The van der Waals surface area contributed by atoms with Gasteiger partial charge < -0.3 is 9.64 Å². The van der Waals surface area contributed by atoms with Gasteiger partial charge in [0.15, 0.2) is 0 Å². The molecule has 2 heterocycles. The van der Waals surface area contributed by atoms with Crippen LogP contribution < -0.4 is 4.74 Å². The number of aromatic nitrogens is 1. The number of carbonyl (C=O) groups is 1. The van der Waals surface area contributed by atoms with E-state index >= 15 is 0 Å². The molecule has 1 amide bonds. The van der Waals surface area contributed by atoms with Gasteiger partial charge >= 0.3 is 0 Å². The van der Waals surface area contributed by atoms with Crippen molar-refractivity contribution in [3.05, 3.63) is 75.7 Å². The summed E-state index contributed by atoms with van der Waals surface area (Å²) in [6, 6.07) is 16.3. The van der Waals surface area contributed by atoms with Gasteiger partial charge in [-0.25, -0.2) is 4.98 Å². The van der Waals surface area contributed by atoms with Crippen LogP contribution in [0, 0.1) is 6.92 Å². The number of hydrogen-bond donors (Lipinski definition) is 0. The number of thiazole rings is 1. The van der Waals surface area contributed by atoms with Crippen molar-refractivity contribution in [2.75, 3.05) is 39.8 Å². The van der Waals surface area contributed by atoms with Crippen molar-refractivity contribution in [1.82, 2.24) is 14.8 Å². The van der Waals surface area contributed by atoms with Crippen LogP contribution >= 0.6 is 23.1 Å². The molecule has 1 aliphatic rings. The predicted octanol–water partition coefficient (Wildman–Crippen LogP) is 4.75. The van der Waals surface area contributed by atoms with Gasteiger partial charge in [-0.15, -0.1) is 23.1 Å². The highest BCUT2D eigenvalue weighted by atomic mass is 32.2. The SMILES string of the molecule is COc1ccc(CCN2CCN(C(=O)c3ccc(SCc4csc(C)n4)cc3)CC2)cc1. The number of carbonyl (C=O) groups excluding carboxylic acids is 1. The van der Waals surface area contributed by atoms with Crippen molar-refractivity contribution in [3.8, 4) is 5.75 Å². The van der Waals surface area contributed by atoms with Gasteiger partial charge in [-0.05, 0) is 55.3 Å². The monoisotopic (exact) mass is 467 g/mol. The molecule has 0 atom stereocenters. The molecule has 0 radical (unpaired) electrons. The normalized spacial score (nSPS) is 14.5. The van der Waals surface area contributed by atoms with Gasteiger partial charge in [0.1, 0.15) is 5.75 Å². The molecule has 168 valence electrons. The summed E-state index contributed by atoms with van der Waals surface area (Å²) in [6.07, 6.45) is 1.01. The summed E-state index contributed by atoms with van der Waals surface area (Å²) >= 11 is 3.44. The third kappa shape index (κ3) is 6.12. The molecule has 1 saturated heterocycles. The lowest BCUT2D eigenvalue weighted by molar-refractivity contribution is 0.0638. The zero-order chi connectivity index (χ0) is 22.3. The summed E-state index contributed by atoms with van der Waals surface area (Å²) in [5.41, 5.74) is 3.19. The molecule has 1 aromatic heterocycles. The minimum atomic E-state index is 0.131. The van der Waals surface area contributed by atoms with E-state index in [-0.39, 0.29) is 5.91 Å². The Morgan fingerprint density at radius 2 is 1.78 bits per heavy atom. The minimum Gasteiger partial charge on any atom is -0.497 e. The highest BCUT2D eigenvalue weighted by Crippen LogP contribution is 2.24. The third-order valence-corrected chi connectivity index (χ3v) is 7.56. The molecule has 0 spiro atoms. The summed E-state index contributed by atoms with van der Waals surface area (Å²) < 4.78 is 5.22. The van der Waals surface area contributed by atoms with Crippen molar-refractivity contribution in [1.29, 1.82) is 0 Å². The van der Waals surface area contributed by atoms with Gasteiger partial charge in [-0.3, -0.25) is 9.69 Å². The average molecular weight is 468 g/mol. The zero-order valence-corrected chi connectivity index (χ0v) is 20.3. The summed E-state index contributed by atoms with van der Waals surface area (Å²) in [5, 5.41) is 3.21. The Kier molecular flexibility index (Phi) is 7.84. The highest BCUT2D eigenvalue weighted by molar-refractivity contribution is 7.98. The van der Waals surface area contributed by atoms with Gasteiger partial charge in [0, 0.05) is 54.3 Å². The van der Waals surface area contributed by atoms with Crippen LogP contribution in [0.5, 0.6) is 5.75 Å². The molecule has 0 unspecified atom stereocenters. The van der Waals surface area contributed by atoms with Crippen LogP contribution in [0.4, 0.5) is 0 Å². The van der Waals surface area contributed by atoms with Crippen LogP contribution in [-0.2, 0) is 12.2 Å². The highest BCUT2D eigenvalue weighted by Gasteiger charge is 2.22. The number of methoxy groups -OCH3 is 1. The zero-order valence-electron chi connectivity index (χ0n) is 18.6. The van der Waals surface area contributed by atoms with E-state index in [1.54, 1.807) is 30.2 Å². The van der Waals surface area contributed by atoms with E-state index in [9.17, 15) is 4.79 Å². The second kappa shape index (κ2) is 11.0. The molecule has 1 fully saturated rings. The number of aryl methyl sites for hydroxylation is 1. The van der Waals surface area contributed by atoms with Gasteiger partial charge in [0.05, 0.1) is 17.8 Å². The number of nitrogens with zero attached hydrogens (tertiary/aromatic N) is 3. The minimum absolute atomic E-state index is 0.131. The molecule has 32 heavy (non-hydrogen) atoms. The standard InChI is InChI=1S/C25H29N3O2S2/c1-19-26-22(17-31-19)18-32-24-9-5-21(6-10-24)25(29)28-15-13-27(14-16-28)12-11-20-3-7-23(30-2)8-4-20/h3-10,17H,11-16,18H2,1-2H3. The fraction of sp³-hybridized carbons (Fsp3) is 0.360. The summed E-state index contributed by atoms with van der Waals surface area (Å²) in [5.74, 6) is 1.88. The second-order valence-electron chi connectivity index (χ2n) is 7.90. The van der Waals surface area contributed by atoms with Crippen molar-refractivity contribution < 1.29 is 9.53 Å². The molecule has 0 bridgehead atoms. The first-order valence-electron chi connectivity index (χ1n) is 10.9. The van der Waals surface area contributed by atoms with E-state index < -0.39 is 0 Å². The van der Waals surface area contributed by atoms with Crippen LogP contribution in [0.1, 0.15) is 26.6 Å². The van der Waals surface area contributed by atoms with E-state index in [2.05, 4.69) is 27.4 Å². The van der Waals surface area contributed by atoms with Gasteiger partial charge in [-0.1, -0.05) is 12.1 Å². The lowest BCUT2D eigenvalue weighted by Gasteiger charge is -2.34. The first kappa shape index (κ1) is 22.8. The van der Waals surface area contributed by atoms with Gasteiger partial charge in [-0.2, -0.15) is 0 Å². The lowest BCUT2D eigenvalue weighted by atomic mass is 10.1. The van der Waals surface area contributed by atoms with Crippen molar-refractivity contribution in [2.45, 2.75) is 24.0 Å². The number of amides is 1. The number of thioether (sulfide) groups is 1.